The third kappa shape index (κ3) is 4.18. The molecule has 1 aliphatic carbocycles. The Bertz CT molecular complexity index is 643. The van der Waals surface area contributed by atoms with E-state index in [4.69, 9.17) is 11.6 Å². The van der Waals surface area contributed by atoms with Crippen molar-refractivity contribution < 1.29 is 4.79 Å². The summed E-state index contributed by atoms with van der Waals surface area (Å²) in [5.41, 5.74) is 0. The Morgan fingerprint density at radius 1 is 1.38 bits per heavy atom. The normalized spacial score (nSPS) is 14.1. The van der Waals surface area contributed by atoms with Gasteiger partial charge in [-0.25, -0.2) is 0 Å². The molecule has 0 atom stereocenters. The second-order valence-electron chi connectivity index (χ2n) is 4.80. The van der Waals surface area contributed by atoms with Crippen molar-refractivity contribution in [2.24, 2.45) is 0 Å². The molecule has 1 fully saturated rings. The minimum Gasteiger partial charge on any atom is -0.301 e. The number of nitrogens with one attached hydrogen (secondary N) is 1. The molecule has 0 spiro atoms. The lowest BCUT2D eigenvalue weighted by Gasteiger charge is -2.03. The van der Waals surface area contributed by atoms with Crippen LogP contribution in [0.2, 0.25) is 5.02 Å². The molecule has 110 valence electrons. The van der Waals surface area contributed by atoms with E-state index < -0.39 is 0 Å². The summed E-state index contributed by atoms with van der Waals surface area (Å²) in [6.45, 7) is 0. The fraction of sp³-hybridized carbons (Fsp3) is 0.357. The van der Waals surface area contributed by atoms with Gasteiger partial charge in [0.25, 0.3) is 0 Å². The highest BCUT2D eigenvalue weighted by Crippen LogP contribution is 2.42. The SMILES string of the molecule is O=C(CCSc1ccccc1Cl)Nc1nnc(C2CC2)s1. The third-order valence-electron chi connectivity index (χ3n) is 3.04. The fourth-order valence-electron chi connectivity index (χ4n) is 1.78. The van der Waals surface area contributed by atoms with Gasteiger partial charge in [0.05, 0.1) is 5.02 Å². The maximum absolute atomic E-state index is 11.9. The average Bonchev–Trinajstić information content (AvgIpc) is 3.22. The largest absolute Gasteiger partial charge is 0.301 e. The van der Waals surface area contributed by atoms with Crippen LogP contribution in [0.15, 0.2) is 29.2 Å². The second kappa shape index (κ2) is 6.77. The van der Waals surface area contributed by atoms with Crippen LogP contribution in [0, 0.1) is 0 Å². The molecule has 3 rings (SSSR count). The van der Waals surface area contributed by atoms with E-state index in [0.717, 1.165) is 14.9 Å². The highest BCUT2D eigenvalue weighted by Gasteiger charge is 2.27. The number of benzene rings is 1. The van der Waals surface area contributed by atoms with Crippen LogP contribution in [0.3, 0.4) is 0 Å². The summed E-state index contributed by atoms with van der Waals surface area (Å²) < 4.78 is 0. The molecule has 1 N–H and O–H groups in total. The van der Waals surface area contributed by atoms with Gasteiger partial charge in [-0.05, 0) is 25.0 Å². The molecule has 1 aromatic carbocycles. The monoisotopic (exact) mass is 339 g/mol. The quantitative estimate of drug-likeness (QED) is 0.802. The summed E-state index contributed by atoms with van der Waals surface area (Å²) in [6, 6.07) is 7.64. The molecule has 2 aromatic rings. The fourth-order valence-corrected chi connectivity index (χ4v) is 3.89. The number of halogens is 1. The summed E-state index contributed by atoms with van der Waals surface area (Å²) in [7, 11) is 0. The zero-order valence-corrected chi connectivity index (χ0v) is 13.6. The Morgan fingerprint density at radius 3 is 2.95 bits per heavy atom. The number of carbonyl (C=O) groups is 1. The van der Waals surface area contributed by atoms with Crippen LogP contribution in [0.1, 0.15) is 30.2 Å². The van der Waals surface area contributed by atoms with Crippen molar-refractivity contribution in [1.29, 1.82) is 0 Å². The number of hydrogen-bond donors (Lipinski definition) is 1. The molecule has 0 saturated heterocycles. The van der Waals surface area contributed by atoms with Crippen LogP contribution >= 0.6 is 34.7 Å². The molecule has 21 heavy (non-hydrogen) atoms. The average molecular weight is 340 g/mol. The molecule has 0 radical (unpaired) electrons. The van der Waals surface area contributed by atoms with Gasteiger partial charge in [-0.3, -0.25) is 4.79 Å². The number of anilines is 1. The van der Waals surface area contributed by atoms with Gasteiger partial charge in [-0.1, -0.05) is 35.1 Å². The molecule has 1 heterocycles. The van der Waals surface area contributed by atoms with Crippen molar-refractivity contribution in [3.8, 4) is 0 Å². The number of hydrogen-bond acceptors (Lipinski definition) is 5. The van der Waals surface area contributed by atoms with Gasteiger partial charge in [0.15, 0.2) is 0 Å². The van der Waals surface area contributed by atoms with Crippen LogP contribution in [0.5, 0.6) is 0 Å². The maximum Gasteiger partial charge on any atom is 0.227 e. The Kier molecular flexibility index (Phi) is 4.77. The Morgan fingerprint density at radius 2 is 2.19 bits per heavy atom. The zero-order valence-electron chi connectivity index (χ0n) is 11.2. The highest BCUT2D eigenvalue weighted by atomic mass is 35.5. The number of aromatic nitrogens is 2. The van der Waals surface area contributed by atoms with E-state index in [2.05, 4.69) is 15.5 Å². The van der Waals surface area contributed by atoms with Crippen molar-refractivity contribution in [3.63, 3.8) is 0 Å². The van der Waals surface area contributed by atoms with Crippen LogP contribution in [0.25, 0.3) is 0 Å². The second-order valence-corrected chi connectivity index (χ2v) is 7.35. The third-order valence-corrected chi connectivity index (χ3v) is 5.55. The number of nitrogens with zero attached hydrogens (tertiary/aromatic N) is 2. The lowest BCUT2D eigenvalue weighted by molar-refractivity contribution is -0.115. The van der Waals surface area contributed by atoms with E-state index in [1.165, 1.54) is 24.2 Å². The molecule has 4 nitrogen and oxygen atoms in total. The van der Waals surface area contributed by atoms with E-state index in [1.807, 2.05) is 24.3 Å². The van der Waals surface area contributed by atoms with E-state index in [0.29, 0.717) is 23.2 Å². The van der Waals surface area contributed by atoms with E-state index in [-0.39, 0.29) is 5.91 Å². The van der Waals surface area contributed by atoms with Gasteiger partial charge in [-0.15, -0.1) is 22.0 Å². The van der Waals surface area contributed by atoms with Crippen molar-refractivity contribution in [2.75, 3.05) is 11.1 Å². The summed E-state index contributed by atoms with van der Waals surface area (Å²) in [5.74, 6) is 1.22. The highest BCUT2D eigenvalue weighted by molar-refractivity contribution is 7.99. The minimum absolute atomic E-state index is 0.0342. The maximum atomic E-state index is 11.9. The molecule has 0 aliphatic heterocycles. The van der Waals surface area contributed by atoms with Gasteiger partial charge in [0.2, 0.25) is 11.0 Å². The first-order chi connectivity index (χ1) is 10.2. The predicted molar refractivity (Wildman–Crippen MR) is 87.3 cm³/mol. The lowest BCUT2D eigenvalue weighted by atomic mass is 10.4. The Balaban J connectivity index is 1.44. The number of amides is 1. The summed E-state index contributed by atoms with van der Waals surface area (Å²) in [4.78, 5) is 12.9. The number of carbonyl (C=O) groups excluding carboxylic acids is 1. The van der Waals surface area contributed by atoms with Gasteiger partial charge in [-0.2, -0.15) is 0 Å². The molecule has 1 aromatic heterocycles. The Hall–Kier alpha value is -1.11. The summed E-state index contributed by atoms with van der Waals surface area (Å²) in [6.07, 6.45) is 2.81. The van der Waals surface area contributed by atoms with Crippen LogP contribution in [-0.2, 0) is 4.79 Å². The van der Waals surface area contributed by atoms with Crippen LogP contribution < -0.4 is 5.32 Å². The molecule has 1 amide bonds. The minimum atomic E-state index is -0.0342. The summed E-state index contributed by atoms with van der Waals surface area (Å²) in [5, 5.41) is 13.3. The molecule has 0 unspecified atom stereocenters. The molecular weight excluding hydrogens is 326 g/mol. The zero-order chi connectivity index (χ0) is 14.7. The van der Waals surface area contributed by atoms with E-state index >= 15 is 0 Å². The van der Waals surface area contributed by atoms with Crippen molar-refractivity contribution >= 4 is 45.7 Å². The first kappa shape index (κ1) is 14.8. The van der Waals surface area contributed by atoms with Gasteiger partial charge in [0, 0.05) is 23.0 Å². The smallest absolute Gasteiger partial charge is 0.227 e. The van der Waals surface area contributed by atoms with Gasteiger partial charge >= 0.3 is 0 Å². The van der Waals surface area contributed by atoms with Crippen molar-refractivity contribution in [1.82, 2.24) is 10.2 Å². The van der Waals surface area contributed by atoms with Crippen molar-refractivity contribution in [3.05, 3.63) is 34.3 Å². The van der Waals surface area contributed by atoms with E-state index in [9.17, 15) is 4.79 Å². The first-order valence-electron chi connectivity index (χ1n) is 6.73. The lowest BCUT2D eigenvalue weighted by Crippen LogP contribution is -2.11. The van der Waals surface area contributed by atoms with Gasteiger partial charge in [0.1, 0.15) is 5.01 Å². The number of thioether (sulfide) groups is 1. The first-order valence-corrected chi connectivity index (χ1v) is 8.91. The van der Waals surface area contributed by atoms with Crippen molar-refractivity contribution in [2.45, 2.75) is 30.1 Å². The Labute approximate surface area is 136 Å². The molecule has 1 aliphatic rings. The predicted octanol–water partition coefficient (Wildman–Crippen LogP) is 4.19. The van der Waals surface area contributed by atoms with Gasteiger partial charge < -0.3 is 5.32 Å². The molecule has 1 saturated carbocycles. The standard InChI is InChI=1S/C14H14ClN3OS2/c15-10-3-1-2-4-11(10)20-8-7-12(19)16-14-18-17-13(21-14)9-5-6-9/h1-4,9H,5-8H2,(H,16,18,19). The van der Waals surface area contributed by atoms with Crippen LogP contribution in [-0.4, -0.2) is 21.9 Å². The molecule has 7 heteroatoms. The number of rotatable bonds is 6. The molecule has 0 bridgehead atoms. The van der Waals surface area contributed by atoms with E-state index in [1.54, 1.807) is 11.8 Å². The summed E-state index contributed by atoms with van der Waals surface area (Å²) >= 11 is 9.13. The van der Waals surface area contributed by atoms with Crippen LogP contribution in [0.4, 0.5) is 5.13 Å². The molecular formula is C14H14ClN3OS2. The topological polar surface area (TPSA) is 54.9 Å².